The van der Waals surface area contributed by atoms with Gasteiger partial charge >= 0.3 is 6.09 Å². The number of ether oxygens (including phenoxy) is 2. The first-order valence-corrected chi connectivity index (χ1v) is 7.99. The van der Waals surface area contributed by atoms with Gasteiger partial charge in [-0.1, -0.05) is 11.8 Å². The van der Waals surface area contributed by atoms with E-state index in [0.29, 0.717) is 37.7 Å². The van der Waals surface area contributed by atoms with E-state index >= 15 is 0 Å². The van der Waals surface area contributed by atoms with Crippen molar-refractivity contribution >= 4 is 23.5 Å². The highest BCUT2D eigenvalue weighted by Gasteiger charge is 2.15. The molecule has 0 fully saturated rings. The summed E-state index contributed by atoms with van der Waals surface area (Å²) >= 11 is 5.81. The average molecular weight is 355 g/mol. The third kappa shape index (κ3) is 8.56. The second-order valence-electron chi connectivity index (χ2n) is 5.70. The molecule has 0 saturated carbocycles. The number of hydrogen-bond donors (Lipinski definition) is 2. The van der Waals surface area contributed by atoms with E-state index in [1.807, 2.05) is 6.92 Å². The number of nitrogens with zero attached hydrogens (tertiary/aromatic N) is 2. The number of rotatable bonds is 6. The van der Waals surface area contributed by atoms with Gasteiger partial charge in [-0.05, 0) is 39.3 Å². The lowest BCUT2D eigenvalue weighted by molar-refractivity contribution is 0.0530. The van der Waals surface area contributed by atoms with Crippen LogP contribution in [0.5, 0.6) is 0 Å². The van der Waals surface area contributed by atoms with E-state index in [1.165, 1.54) is 6.20 Å². The van der Waals surface area contributed by atoms with Gasteiger partial charge < -0.3 is 20.1 Å². The fourth-order valence-electron chi connectivity index (χ4n) is 1.53. The van der Waals surface area contributed by atoms with Crippen LogP contribution in [0.4, 0.5) is 10.6 Å². The molecule has 1 aromatic heterocycles. The summed E-state index contributed by atoms with van der Waals surface area (Å²) in [6.45, 7) is 9.06. The molecule has 1 heterocycles. The van der Waals surface area contributed by atoms with Crippen LogP contribution in [0.3, 0.4) is 0 Å². The summed E-state index contributed by atoms with van der Waals surface area (Å²) in [6.07, 6.45) is 1.07. The highest BCUT2D eigenvalue weighted by atomic mass is 35.5. The van der Waals surface area contributed by atoms with Gasteiger partial charge in [0.2, 0.25) is 5.28 Å². The molecule has 0 unspecified atom stereocenters. The zero-order chi connectivity index (χ0) is 18.0. The maximum atomic E-state index is 11.5. The largest absolute Gasteiger partial charge is 0.444 e. The van der Waals surface area contributed by atoms with Crippen LogP contribution in [-0.4, -0.2) is 48.0 Å². The van der Waals surface area contributed by atoms with Crippen molar-refractivity contribution in [2.45, 2.75) is 33.3 Å². The van der Waals surface area contributed by atoms with Gasteiger partial charge in [-0.25, -0.2) is 9.78 Å². The normalized spacial score (nSPS) is 10.5. The first-order chi connectivity index (χ1) is 11.3. The lowest BCUT2D eigenvalue weighted by atomic mass is 10.2. The molecule has 1 amide bonds. The summed E-state index contributed by atoms with van der Waals surface area (Å²) in [4.78, 5) is 19.6. The minimum Gasteiger partial charge on any atom is -0.444 e. The monoisotopic (exact) mass is 354 g/mol. The van der Waals surface area contributed by atoms with E-state index in [4.69, 9.17) is 21.1 Å². The Bertz CT molecular complexity index is 606. The zero-order valence-electron chi connectivity index (χ0n) is 14.4. The third-order valence-corrected chi connectivity index (χ3v) is 2.63. The molecule has 0 spiro atoms. The predicted molar refractivity (Wildman–Crippen MR) is 93.1 cm³/mol. The second-order valence-corrected chi connectivity index (χ2v) is 6.03. The maximum absolute atomic E-state index is 11.5. The van der Waals surface area contributed by atoms with Crippen molar-refractivity contribution in [3.63, 3.8) is 0 Å². The van der Waals surface area contributed by atoms with Crippen molar-refractivity contribution in [1.29, 1.82) is 0 Å². The van der Waals surface area contributed by atoms with Gasteiger partial charge in [0.1, 0.15) is 18.0 Å². The van der Waals surface area contributed by atoms with Crippen molar-refractivity contribution in [2.75, 3.05) is 31.6 Å². The van der Waals surface area contributed by atoms with E-state index in [0.717, 1.165) is 0 Å². The summed E-state index contributed by atoms with van der Waals surface area (Å²) in [5.41, 5.74) is 0.0810. The van der Waals surface area contributed by atoms with E-state index in [1.54, 1.807) is 20.8 Å². The zero-order valence-corrected chi connectivity index (χ0v) is 15.2. The highest BCUT2D eigenvalue weighted by Crippen LogP contribution is 2.12. The predicted octanol–water partition coefficient (Wildman–Crippen LogP) is 2.45. The molecule has 7 nitrogen and oxygen atoms in total. The number of alkyl carbamates (subject to hydrolysis) is 1. The Labute approximate surface area is 147 Å². The van der Waals surface area contributed by atoms with Gasteiger partial charge in [-0.2, -0.15) is 4.98 Å². The molecule has 0 radical (unpaired) electrons. The molecule has 0 aromatic carbocycles. The van der Waals surface area contributed by atoms with Gasteiger partial charge in [0.15, 0.2) is 0 Å². The van der Waals surface area contributed by atoms with E-state index < -0.39 is 11.7 Å². The lowest BCUT2D eigenvalue weighted by Gasteiger charge is -2.19. The van der Waals surface area contributed by atoms with E-state index in [9.17, 15) is 4.79 Å². The molecular weight excluding hydrogens is 332 g/mol. The molecular formula is C16H23ClN4O3. The van der Waals surface area contributed by atoms with E-state index in [-0.39, 0.29) is 5.28 Å². The average Bonchev–Trinajstić information content (AvgIpc) is 2.48. The molecule has 0 saturated heterocycles. The topological polar surface area (TPSA) is 85.4 Å². The molecule has 2 N–H and O–H groups in total. The second kappa shape index (κ2) is 9.96. The van der Waals surface area contributed by atoms with Gasteiger partial charge in [0.25, 0.3) is 0 Å². The molecule has 1 rings (SSSR count). The molecule has 0 aliphatic heterocycles. The summed E-state index contributed by atoms with van der Waals surface area (Å²) in [5, 5.41) is 5.83. The van der Waals surface area contributed by atoms with Crippen molar-refractivity contribution < 1.29 is 14.3 Å². The number of carbonyl (C=O) groups is 1. The van der Waals surface area contributed by atoms with Crippen molar-refractivity contribution in [3.05, 3.63) is 17.0 Å². The summed E-state index contributed by atoms with van der Waals surface area (Å²) in [7, 11) is 0. The quantitative estimate of drug-likeness (QED) is 0.463. The maximum Gasteiger partial charge on any atom is 0.407 e. The number of aromatic nitrogens is 2. The van der Waals surface area contributed by atoms with Crippen LogP contribution in [-0.2, 0) is 9.47 Å². The molecule has 0 aliphatic carbocycles. The Hall–Kier alpha value is -2.04. The van der Waals surface area contributed by atoms with Crippen molar-refractivity contribution in [3.8, 4) is 11.8 Å². The number of hydrogen-bond acceptors (Lipinski definition) is 6. The molecule has 0 bridgehead atoms. The van der Waals surface area contributed by atoms with Crippen LogP contribution in [0.25, 0.3) is 0 Å². The minimum absolute atomic E-state index is 0.118. The summed E-state index contributed by atoms with van der Waals surface area (Å²) in [5.74, 6) is 6.30. The van der Waals surface area contributed by atoms with E-state index in [2.05, 4.69) is 32.4 Å². The number of nitrogens with one attached hydrogen (secondary N) is 2. The molecule has 1 aromatic rings. The molecule has 0 aliphatic rings. The van der Waals surface area contributed by atoms with Crippen LogP contribution in [0.15, 0.2) is 6.20 Å². The molecule has 24 heavy (non-hydrogen) atoms. The molecule has 132 valence electrons. The van der Waals surface area contributed by atoms with Crippen LogP contribution < -0.4 is 10.6 Å². The SMILES string of the molecule is CCOCC#Cc1cnc(Cl)nc1NCCNC(=O)OC(C)(C)C. The number of carbonyl (C=O) groups excluding carboxylic acids is 1. The molecule has 8 heteroatoms. The standard InChI is InChI=1S/C16H23ClN4O3/c1-5-23-10-6-7-12-11-20-14(17)21-13(12)18-8-9-19-15(22)24-16(2,3)4/h11H,5,8-10H2,1-4H3,(H,19,22)(H,18,20,21). The van der Waals surface area contributed by atoms with Crippen LogP contribution in [0, 0.1) is 11.8 Å². The first kappa shape index (κ1) is 20.0. The Morgan fingerprint density at radius 2 is 2.12 bits per heavy atom. The number of amides is 1. The van der Waals surface area contributed by atoms with Crippen LogP contribution in [0.2, 0.25) is 5.28 Å². The fraction of sp³-hybridized carbons (Fsp3) is 0.562. The molecule has 0 atom stereocenters. The van der Waals surface area contributed by atoms with Crippen LogP contribution >= 0.6 is 11.6 Å². The third-order valence-electron chi connectivity index (χ3n) is 2.45. The minimum atomic E-state index is -0.527. The summed E-state index contributed by atoms with van der Waals surface area (Å²) in [6, 6.07) is 0. The van der Waals surface area contributed by atoms with Crippen molar-refractivity contribution in [2.24, 2.45) is 0 Å². The highest BCUT2D eigenvalue weighted by molar-refractivity contribution is 6.28. The van der Waals surface area contributed by atoms with Crippen molar-refractivity contribution in [1.82, 2.24) is 15.3 Å². The van der Waals surface area contributed by atoms with Gasteiger partial charge in [-0.15, -0.1) is 0 Å². The Morgan fingerprint density at radius 1 is 1.38 bits per heavy atom. The smallest absolute Gasteiger partial charge is 0.407 e. The van der Waals surface area contributed by atoms with Crippen LogP contribution in [0.1, 0.15) is 33.3 Å². The van der Waals surface area contributed by atoms with Gasteiger partial charge in [-0.3, -0.25) is 0 Å². The Balaban J connectivity index is 2.53. The Morgan fingerprint density at radius 3 is 2.79 bits per heavy atom. The number of halogens is 1. The van der Waals surface area contributed by atoms with Gasteiger partial charge in [0, 0.05) is 25.9 Å². The number of anilines is 1. The lowest BCUT2D eigenvalue weighted by Crippen LogP contribution is -2.35. The van der Waals surface area contributed by atoms with Gasteiger partial charge in [0.05, 0.1) is 5.56 Å². The first-order valence-electron chi connectivity index (χ1n) is 7.61. The summed E-state index contributed by atoms with van der Waals surface area (Å²) < 4.78 is 10.3. The fourth-order valence-corrected chi connectivity index (χ4v) is 1.66. The Kier molecular flexibility index (Phi) is 8.30.